The van der Waals surface area contributed by atoms with Crippen LogP contribution in [-0.2, 0) is 0 Å². The first-order valence-electron chi connectivity index (χ1n) is 7.77. The van der Waals surface area contributed by atoms with Crippen LogP contribution in [0, 0.1) is 6.92 Å². The average Bonchev–Trinajstić information content (AvgIpc) is 2.94. The number of nitrogens with zero attached hydrogens (tertiary/aromatic N) is 3. The van der Waals surface area contributed by atoms with Gasteiger partial charge in [-0.1, -0.05) is 24.3 Å². The molecule has 1 atom stereocenters. The zero-order valence-electron chi connectivity index (χ0n) is 13.5. The third-order valence-electron chi connectivity index (χ3n) is 4.20. The van der Waals surface area contributed by atoms with Gasteiger partial charge in [-0.25, -0.2) is 0 Å². The van der Waals surface area contributed by atoms with Gasteiger partial charge in [0.05, 0.1) is 11.6 Å². The van der Waals surface area contributed by atoms with Crippen LogP contribution in [0.2, 0.25) is 0 Å². The number of aryl methyl sites for hydroxylation is 1. The molecule has 1 unspecified atom stereocenters. The lowest BCUT2D eigenvalue weighted by Crippen LogP contribution is -2.19. The van der Waals surface area contributed by atoms with Crippen LogP contribution >= 0.6 is 0 Å². The SMILES string of the molecule is Cc1cccc2ccn(C(CCN(C)C)c3cccnc3)c12. The quantitative estimate of drug-likeness (QED) is 0.711. The normalized spacial score (nSPS) is 12.9. The van der Waals surface area contributed by atoms with Crippen molar-refractivity contribution in [1.29, 1.82) is 0 Å². The second-order valence-electron chi connectivity index (χ2n) is 6.13. The summed E-state index contributed by atoms with van der Waals surface area (Å²) in [5.74, 6) is 0. The Bertz CT molecular complexity index is 744. The van der Waals surface area contributed by atoms with Gasteiger partial charge in [0, 0.05) is 18.6 Å². The first-order valence-corrected chi connectivity index (χ1v) is 7.77. The number of para-hydroxylation sites is 1. The van der Waals surface area contributed by atoms with Gasteiger partial charge in [-0.3, -0.25) is 4.98 Å². The van der Waals surface area contributed by atoms with Gasteiger partial charge in [-0.05, 0) is 62.6 Å². The fraction of sp³-hybridized carbons (Fsp3) is 0.316. The molecule has 2 heterocycles. The van der Waals surface area contributed by atoms with Crippen LogP contribution in [0.15, 0.2) is 55.0 Å². The molecular formula is C19H23N3. The van der Waals surface area contributed by atoms with E-state index in [0.29, 0.717) is 6.04 Å². The average molecular weight is 293 g/mol. The third kappa shape index (κ3) is 2.90. The van der Waals surface area contributed by atoms with E-state index in [-0.39, 0.29) is 0 Å². The van der Waals surface area contributed by atoms with Crippen LogP contribution in [0.25, 0.3) is 10.9 Å². The lowest BCUT2D eigenvalue weighted by molar-refractivity contribution is 0.369. The second kappa shape index (κ2) is 6.32. The largest absolute Gasteiger partial charge is 0.340 e. The summed E-state index contributed by atoms with van der Waals surface area (Å²) in [6.45, 7) is 3.23. The predicted octanol–water partition coefficient (Wildman–Crippen LogP) is 3.89. The highest BCUT2D eigenvalue weighted by Gasteiger charge is 2.17. The van der Waals surface area contributed by atoms with Crippen molar-refractivity contribution in [2.24, 2.45) is 0 Å². The van der Waals surface area contributed by atoms with Gasteiger partial charge in [0.15, 0.2) is 0 Å². The third-order valence-corrected chi connectivity index (χ3v) is 4.20. The van der Waals surface area contributed by atoms with Crippen LogP contribution in [-0.4, -0.2) is 35.1 Å². The van der Waals surface area contributed by atoms with Gasteiger partial charge < -0.3 is 9.47 Å². The van der Waals surface area contributed by atoms with Crippen molar-refractivity contribution in [2.45, 2.75) is 19.4 Å². The summed E-state index contributed by atoms with van der Waals surface area (Å²) in [5, 5.41) is 1.30. The van der Waals surface area contributed by atoms with E-state index in [2.05, 4.69) is 72.0 Å². The monoisotopic (exact) mass is 293 g/mol. The molecular weight excluding hydrogens is 270 g/mol. The van der Waals surface area contributed by atoms with Crippen LogP contribution in [0.3, 0.4) is 0 Å². The molecule has 0 bridgehead atoms. The van der Waals surface area contributed by atoms with Gasteiger partial charge in [0.25, 0.3) is 0 Å². The summed E-state index contributed by atoms with van der Waals surface area (Å²) in [4.78, 5) is 6.56. The summed E-state index contributed by atoms with van der Waals surface area (Å²) >= 11 is 0. The summed E-state index contributed by atoms with van der Waals surface area (Å²) < 4.78 is 2.41. The summed E-state index contributed by atoms with van der Waals surface area (Å²) in [7, 11) is 4.25. The van der Waals surface area contributed by atoms with Crippen LogP contribution < -0.4 is 0 Å². The van der Waals surface area contributed by atoms with Gasteiger partial charge >= 0.3 is 0 Å². The minimum atomic E-state index is 0.315. The Balaban J connectivity index is 2.08. The molecule has 0 aliphatic carbocycles. The van der Waals surface area contributed by atoms with Crippen molar-refractivity contribution in [2.75, 3.05) is 20.6 Å². The zero-order valence-corrected chi connectivity index (χ0v) is 13.5. The van der Waals surface area contributed by atoms with E-state index >= 15 is 0 Å². The molecule has 0 N–H and O–H groups in total. The van der Waals surface area contributed by atoms with E-state index in [0.717, 1.165) is 13.0 Å². The Labute approximate surface area is 132 Å². The molecule has 3 nitrogen and oxygen atoms in total. The van der Waals surface area contributed by atoms with Crippen molar-refractivity contribution in [3.05, 3.63) is 66.1 Å². The topological polar surface area (TPSA) is 21.1 Å². The molecule has 0 aliphatic rings. The number of hydrogen-bond acceptors (Lipinski definition) is 2. The fourth-order valence-corrected chi connectivity index (χ4v) is 3.08. The van der Waals surface area contributed by atoms with Crippen LogP contribution in [0.5, 0.6) is 0 Å². The fourth-order valence-electron chi connectivity index (χ4n) is 3.08. The van der Waals surface area contributed by atoms with E-state index in [9.17, 15) is 0 Å². The molecule has 0 amide bonds. The second-order valence-corrected chi connectivity index (χ2v) is 6.13. The molecule has 0 radical (unpaired) electrons. The number of pyridine rings is 1. The standard InChI is InChI=1S/C19H23N3/c1-15-6-4-7-16-9-13-22(19(15)16)18(10-12-21(2)3)17-8-5-11-20-14-17/h4-9,11,13-14,18H,10,12H2,1-3H3. The molecule has 2 aromatic heterocycles. The van der Waals surface area contributed by atoms with Crippen molar-refractivity contribution < 1.29 is 0 Å². The van der Waals surface area contributed by atoms with Gasteiger partial charge in [0.1, 0.15) is 0 Å². The summed E-state index contributed by atoms with van der Waals surface area (Å²) in [5.41, 5.74) is 3.92. The number of benzene rings is 1. The van der Waals surface area contributed by atoms with E-state index in [1.807, 2.05) is 18.5 Å². The number of fused-ring (bicyclic) bond motifs is 1. The summed E-state index contributed by atoms with van der Waals surface area (Å²) in [6.07, 6.45) is 7.11. The Hall–Kier alpha value is -2.13. The number of hydrogen-bond donors (Lipinski definition) is 0. The lowest BCUT2D eigenvalue weighted by atomic mass is 10.0. The van der Waals surface area contributed by atoms with Gasteiger partial charge in [-0.2, -0.15) is 0 Å². The molecule has 3 aromatic rings. The first kappa shape index (κ1) is 14.8. The minimum absolute atomic E-state index is 0.315. The van der Waals surface area contributed by atoms with Crippen molar-refractivity contribution in [3.63, 3.8) is 0 Å². The van der Waals surface area contributed by atoms with E-state index in [1.54, 1.807) is 0 Å². The lowest BCUT2D eigenvalue weighted by Gasteiger charge is -2.23. The molecule has 0 aliphatic heterocycles. The molecule has 3 heteroatoms. The maximum atomic E-state index is 4.32. The first-order chi connectivity index (χ1) is 10.7. The maximum Gasteiger partial charge on any atom is 0.0613 e. The van der Waals surface area contributed by atoms with Crippen molar-refractivity contribution in [1.82, 2.24) is 14.5 Å². The molecule has 0 fully saturated rings. The Kier molecular flexibility index (Phi) is 4.25. The molecule has 0 saturated carbocycles. The van der Waals surface area contributed by atoms with Crippen LogP contribution in [0.4, 0.5) is 0 Å². The number of rotatable bonds is 5. The van der Waals surface area contributed by atoms with E-state index < -0.39 is 0 Å². The summed E-state index contributed by atoms with van der Waals surface area (Å²) in [6, 6.07) is 13.2. The Morgan fingerprint density at radius 2 is 2.00 bits per heavy atom. The maximum absolute atomic E-state index is 4.32. The molecule has 0 saturated heterocycles. The van der Waals surface area contributed by atoms with Crippen molar-refractivity contribution >= 4 is 10.9 Å². The van der Waals surface area contributed by atoms with Gasteiger partial charge in [-0.15, -0.1) is 0 Å². The van der Waals surface area contributed by atoms with E-state index in [4.69, 9.17) is 0 Å². The smallest absolute Gasteiger partial charge is 0.0613 e. The zero-order chi connectivity index (χ0) is 15.5. The molecule has 22 heavy (non-hydrogen) atoms. The Morgan fingerprint density at radius 1 is 1.14 bits per heavy atom. The minimum Gasteiger partial charge on any atom is -0.340 e. The molecule has 1 aromatic carbocycles. The highest BCUT2D eigenvalue weighted by atomic mass is 15.1. The molecule has 3 rings (SSSR count). The number of aromatic nitrogens is 2. The Morgan fingerprint density at radius 3 is 2.73 bits per heavy atom. The van der Waals surface area contributed by atoms with Crippen molar-refractivity contribution in [3.8, 4) is 0 Å². The highest BCUT2D eigenvalue weighted by Crippen LogP contribution is 2.29. The highest BCUT2D eigenvalue weighted by molar-refractivity contribution is 5.83. The predicted molar refractivity (Wildman–Crippen MR) is 92.2 cm³/mol. The van der Waals surface area contributed by atoms with E-state index in [1.165, 1.54) is 22.0 Å². The molecule has 0 spiro atoms. The van der Waals surface area contributed by atoms with Crippen LogP contribution in [0.1, 0.15) is 23.6 Å². The van der Waals surface area contributed by atoms with Gasteiger partial charge in [0.2, 0.25) is 0 Å². The molecule has 114 valence electrons.